The minimum Gasteiger partial charge on any atom is -0.384 e. The molecule has 1 saturated carbocycles. The number of aliphatic hydroxyl groups is 1. The van der Waals surface area contributed by atoms with Gasteiger partial charge in [-0.25, -0.2) is 0 Å². The molecule has 2 nitrogen and oxygen atoms in total. The fourth-order valence-corrected chi connectivity index (χ4v) is 2.71. The average molecular weight is 209 g/mol. The minimum absolute atomic E-state index is 0.406. The van der Waals surface area contributed by atoms with Crippen LogP contribution in [-0.4, -0.2) is 17.3 Å². The fourth-order valence-electron chi connectivity index (χ4n) is 2.71. The lowest BCUT2D eigenvalue weighted by Gasteiger charge is -2.31. The molecule has 1 fully saturated rings. The van der Waals surface area contributed by atoms with Crippen LogP contribution < -0.4 is 5.73 Å². The molecule has 0 radical (unpaired) electrons. The molecule has 0 spiro atoms. The van der Waals surface area contributed by atoms with Gasteiger partial charge in [-0.3, -0.25) is 0 Å². The van der Waals surface area contributed by atoms with Gasteiger partial charge in [0.1, 0.15) is 5.60 Å². The van der Waals surface area contributed by atoms with E-state index in [-0.39, 0.29) is 0 Å². The summed E-state index contributed by atoms with van der Waals surface area (Å²) in [7, 11) is 0. The third-order valence-electron chi connectivity index (χ3n) is 3.91. The van der Waals surface area contributed by atoms with E-state index in [0.29, 0.717) is 12.5 Å². The molecule has 2 rings (SSSR count). The van der Waals surface area contributed by atoms with E-state index in [1.54, 1.807) is 0 Å². The molecule has 86 valence electrons. The van der Waals surface area contributed by atoms with Gasteiger partial charge < -0.3 is 10.8 Å². The van der Waals surface area contributed by atoms with Crippen LogP contribution in [0.1, 0.15) is 51.4 Å². The van der Waals surface area contributed by atoms with Crippen molar-refractivity contribution in [3.05, 3.63) is 11.6 Å². The number of allylic oxidation sites excluding steroid dienone is 1. The molecular formula is C13H23NO. The van der Waals surface area contributed by atoms with Crippen LogP contribution in [-0.2, 0) is 0 Å². The molecular weight excluding hydrogens is 186 g/mol. The van der Waals surface area contributed by atoms with Gasteiger partial charge in [0.15, 0.2) is 0 Å². The molecule has 0 saturated heterocycles. The van der Waals surface area contributed by atoms with E-state index in [0.717, 1.165) is 25.7 Å². The summed E-state index contributed by atoms with van der Waals surface area (Å²) < 4.78 is 0. The maximum absolute atomic E-state index is 10.6. The monoisotopic (exact) mass is 209 g/mol. The van der Waals surface area contributed by atoms with E-state index >= 15 is 0 Å². The van der Waals surface area contributed by atoms with Crippen LogP contribution in [0.3, 0.4) is 0 Å². The predicted octanol–water partition coefficient (Wildman–Crippen LogP) is 2.37. The molecule has 0 heterocycles. The molecule has 3 N–H and O–H groups in total. The van der Waals surface area contributed by atoms with E-state index in [4.69, 9.17) is 5.73 Å². The average Bonchev–Trinajstić information content (AvgIpc) is 2.99. The van der Waals surface area contributed by atoms with Crippen molar-refractivity contribution in [1.29, 1.82) is 0 Å². The van der Waals surface area contributed by atoms with E-state index in [9.17, 15) is 5.11 Å². The third kappa shape index (κ3) is 2.43. The highest BCUT2D eigenvalue weighted by Gasteiger charge is 2.44. The second kappa shape index (κ2) is 4.67. The van der Waals surface area contributed by atoms with E-state index in [2.05, 4.69) is 6.08 Å². The Labute approximate surface area is 92.6 Å². The first-order valence-electron chi connectivity index (χ1n) is 6.39. The fraction of sp³-hybridized carbons (Fsp3) is 0.846. The summed E-state index contributed by atoms with van der Waals surface area (Å²) in [5.74, 6) is 0.452. The van der Waals surface area contributed by atoms with Crippen LogP contribution in [0.4, 0.5) is 0 Å². The predicted molar refractivity (Wildman–Crippen MR) is 62.5 cm³/mol. The second-order valence-electron chi connectivity index (χ2n) is 5.08. The molecule has 2 aliphatic carbocycles. The van der Waals surface area contributed by atoms with Gasteiger partial charge in [0, 0.05) is 6.54 Å². The summed E-state index contributed by atoms with van der Waals surface area (Å²) >= 11 is 0. The Balaban J connectivity index is 2.10. The summed E-state index contributed by atoms with van der Waals surface area (Å²) in [4.78, 5) is 0. The van der Waals surface area contributed by atoms with E-state index in [1.165, 1.54) is 31.3 Å². The Morgan fingerprint density at radius 1 is 1.27 bits per heavy atom. The van der Waals surface area contributed by atoms with Crippen LogP contribution in [0.25, 0.3) is 0 Å². The number of rotatable bonds is 3. The van der Waals surface area contributed by atoms with Crippen LogP contribution in [0.2, 0.25) is 0 Å². The quantitative estimate of drug-likeness (QED) is 0.701. The number of hydrogen-bond donors (Lipinski definition) is 2. The number of nitrogens with two attached hydrogens (primary N) is 1. The first kappa shape index (κ1) is 11.2. The smallest absolute Gasteiger partial charge is 0.101 e. The van der Waals surface area contributed by atoms with Crippen molar-refractivity contribution in [2.45, 2.75) is 57.0 Å². The Kier molecular flexibility index (Phi) is 3.47. The molecule has 15 heavy (non-hydrogen) atoms. The zero-order valence-electron chi connectivity index (χ0n) is 9.54. The molecule has 2 heteroatoms. The first-order chi connectivity index (χ1) is 7.27. The largest absolute Gasteiger partial charge is 0.384 e. The highest BCUT2D eigenvalue weighted by molar-refractivity contribution is 5.22. The van der Waals surface area contributed by atoms with Crippen molar-refractivity contribution < 1.29 is 5.11 Å². The van der Waals surface area contributed by atoms with Gasteiger partial charge in [-0.15, -0.1) is 0 Å². The molecule has 0 aliphatic heterocycles. The lowest BCUT2D eigenvalue weighted by molar-refractivity contribution is 0.0594. The Bertz CT molecular complexity index is 245. The molecule has 0 aromatic heterocycles. The summed E-state index contributed by atoms with van der Waals surface area (Å²) in [6.45, 7) is 0.406. The highest BCUT2D eigenvalue weighted by atomic mass is 16.3. The molecule has 0 bridgehead atoms. The van der Waals surface area contributed by atoms with Crippen molar-refractivity contribution in [3.63, 3.8) is 0 Å². The van der Waals surface area contributed by atoms with Crippen molar-refractivity contribution in [2.24, 2.45) is 11.7 Å². The van der Waals surface area contributed by atoms with Crippen LogP contribution in [0, 0.1) is 5.92 Å². The van der Waals surface area contributed by atoms with Gasteiger partial charge in [-0.2, -0.15) is 0 Å². The van der Waals surface area contributed by atoms with Crippen molar-refractivity contribution in [2.75, 3.05) is 6.54 Å². The maximum atomic E-state index is 10.6. The summed E-state index contributed by atoms with van der Waals surface area (Å²) in [5, 5.41) is 10.6. The first-order valence-corrected chi connectivity index (χ1v) is 6.39. The maximum Gasteiger partial charge on any atom is 0.101 e. The lowest BCUT2D eigenvalue weighted by Crippen LogP contribution is -2.42. The SMILES string of the molecule is NCC(O)(C1=CCCCCCC1)C1CC1. The van der Waals surface area contributed by atoms with Crippen LogP contribution in [0.15, 0.2) is 11.6 Å². The molecule has 0 amide bonds. The molecule has 2 aliphatic rings. The minimum atomic E-state index is -0.655. The van der Waals surface area contributed by atoms with Crippen molar-refractivity contribution >= 4 is 0 Å². The summed E-state index contributed by atoms with van der Waals surface area (Å²) in [5.41, 5.74) is 6.37. The Morgan fingerprint density at radius 2 is 2.00 bits per heavy atom. The lowest BCUT2D eigenvalue weighted by atomic mass is 9.83. The van der Waals surface area contributed by atoms with Gasteiger partial charge in [-0.1, -0.05) is 18.9 Å². The van der Waals surface area contributed by atoms with Gasteiger partial charge in [0.2, 0.25) is 0 Å². The van der Waals surface area contributed by atoms with Gasteiger partial charge in [0.25, 0.3) is 0 Å². The molecule has 0 aromatic rings. The molecule has 0 aromatic carbocycles. The van der Waals surface area contributed by atoms with Crippen molar-refractivity contribution in [1.82, 2.24) is 0 Å². The zero-order valence-corrected chi connectivity index (χ0v) is 9.54. The van der Waals surface area contributed by atoms with Crippen molar-refractivity contribution in [3.8, 4) is 0 Å². The summed E-state index contributed by atoms with van der Waals surface area (Å²) in [6.07, 6.45) is 11.9. The zero-order chi connectivity index (χ0) is 10.7. The topological polar surface area (TPSA) is 46.2 Å². The Hall–Kier alpha value is -0.340. The van der Waals surface area contributed by atoms with Gasteiger partial charge >= 0.3 is 0 Å². The standard InChI is InChI=1S/C13H23NO/c14-10-13(15,12-8-9-12)11-6-4-2-1-3-5-7-11/h6,12,15H,1-5,7-10,14H2. The van der Waals surface area contributed by atoms with Gasteiger partial charge in [-0.05, 0) is 50.0 Å². The van der Waals surface area contributed by atoms with Crippen LogP contribution >= 0.6 is 0 Å². The third-order valence-corrected chi connectivity index (χ3v) is 3.91. The van der Waals surface area contributed by atoms with Crippen LogP contribution in [0.5, 0.6) is 0 Å². The summed E-state index contributed by atoms with van der Waals surface area (Å²) in [6, 6.07) is 0. The second-order valence-corrected chi connectivity index (χ2v) is 5.08. The van der Waals surface area contributed by atoms with E-state index in [1.807, 2.05) is 0 Å². The normalized spacial score (nSPS) is 27.5. The number of hydrogen-bond acceptors (Lipinski definition) is 2. The molecule has 1 atom stereocenters. The highest BCUT2D eigenvalue weighted by Crippen LogP contribution is 2.44. The van der Waals surface area contributed by atoms with E-state index < -0.39 is 5.60 Å². The van der Waals surface area contributed by atoms with Gasteiger partial charge in [0.05, 0.1) is 0 Å². The molecule has 1 unspecified atom stereocenters. The Morgan fingerprint density at radius 3 is 2.67 bits per heavy atom.